The van der Waals surface area contributed by atoms with Gasteiger partial charge in [0, 0.05) is 28.8 Å². The minimum atomic E-state index is -0.546. The van der Waals surface area contributed by atoms with Crippen molar-refractivity contribution in [2.45, 2.75) is 32.6 Å². The van der Waals surface area contributed by atoms with E-state index in [0.717, 1.165) is 42.5 Å². The van der Waals surface area contributed by atoms with Gasteiger partial charge in [0.05, 0.1) is 16.2 Å². The minimum absolute atomic E-state index is 0.0293. The lowest BCUT2D eigenvalue weighted by Crippen LogP contribution is -2.37. The van der Waals surface area contributed by atoms with E-state index in [-0.39, 0.29) is 28.6 Å². The predicted octanol–water partition coefficient (Wildman–Crippen LogP) is 3.55. The van der Waals surface area contributed by atoms with E-state index >= 15 is 0 Å². The number of benzene rings is 1. The Bertz CT molecular complexity index is 1030. The summed E-state index contributed by atoms with van der Waals surface area (Å²) in [6.07, 6.45) is 9.28. The number of nitro groups is 1. The molecule has 4 rings (SSSR count). The Kier molecular flexibility index (Phi) is 4.50. The quantitative estimate of drug-likeness (QED) is 0.629. The number of fused-ring (bicyclic) bond motifs is 2. The number of aliphatic imine (C=N–C) groups is 1. The van der Waals surface area contributed by atoms with Gasteiger partial charge in [-0.3, -0.25) is 19.7 Å². The number of rotatable bonds is 2. The largest absolute Gasteiger partial charge is 0.325 e. The maximum Gasteiger partial charge on any atom is 0.278 e. The van der Waals surface area contributed by atoms with Crippen molar-refractivity contribution in [2.75, 3.05) is 0 Å². The Morgan fingerprint density at radius 3 is 2.86 bits per heavy atom. The lowest BCUT2D eigenvalue weighted by Gasteiger charge is -2.33. The van der Waals surface area contributed by atoms with Gasteiger partial charge in [-0.1, -0.05) is 12.1 Å². The molecule has 1 N–H and O–H groups in total. The molecule has 1 unspecified atom stereocenters. The predicted molar refractivity (Wildman–Crippen MR) is 104 cm³/mol. The first-order valence-corrected chi connectivity index (χ1v) is 9.26. The number of nitrogens with zero attached hydrogens (tertiary/aromatic N) is 2. The van der Waals surface area contributed by atoms with Crippen LogP contribution in [0.2, 0.25) is 0 Å². The molecule has 1 aromatic rings. The normalized spacial score (nSPS) is 22.3. The first-order valence-electron chi connectivity index (χ1n) is 9.26. The van der Waals surface area contributed by atoms with Gasteiger partial charge in [0.2, 0.25) is 0 Å². The molecule has 28 heavy (non-hydrogen) atoms. The molecular weight excluding hydrogens is 358 g/mol. The summed E-state index contributed by atoms with van der Waals surface area (Å²) in [6, 6.07) is 4.36. The number of hydrogen-bond acceptors (Lipinski definition) is 4. The van der Waals surface area contributed by atoms with E-state index in [9.17, 15) is 19.7 Å². The average Bonchev–Trinajstić information content (AvgIpc) is 2.68. The SMILES string of the molecule is Cc1c(C(=O)N=C2C=CC3C(=C2)NC(=O)C2=C3CCCC2)cccc1[N+](=O)[O-]. The van der Waals surface area contributed by atoms with Gasteiger partial charge in [-0.15, -0.1) is 0 Å². The zero-order valence-electron chi connectivity index (χ0n) is 15.4. The molecule has 7 heteroatoms. The highest BCUT2D eigenvalue weighted by atomic mass is 16.6. The van der Waals surface area contributed by atoms with Gasteiger partial charge in [-0.2, -0.15) is 0 Å². The van der Waals surface area contributed by atoms with Crippen molar-refractivity contribution in [2.24, 2.45) is 10.9 Å². The summed E-state index contributed by atoms with van der Waals surface area (Å²) in [6.45, 7) is 1.54. The van der Waals surface area contributed by atoms with Crippen molar-refractivity contribution in [3.8, 4) is 0 Å². The lowest BCUT2D eigenvalue weighted by atomic mass is 9.77. The first kappa shape index (κ1) is 18.0. The minimum Gasteiger partial charge on any atom is -0.325 e. The fraction of sp³-hybridized carbons (Fsp3) is 0.286. The van der Waals surface area contributed by atoms with Crippen molar-refractivity contribution in [1.29, 1.82) is 0 Å². The third-order valence-electron chi connectivity index (χ3n) is 5.48. The molecule has 2 amide bonds. The molecule has 1 aromatic carbocycles. The molecule has 0 saturated carbocycles. The Hall–Kier alpha value is -3.35. The monoisotopic (exact) mass is 377 g/mol. The van der Waals surface area contributed by atoms with Crippen LogP contribution in [-0.2, 0) is 4.79 Å². The van der Waals surface area contributed by atoms with Crippen LogP contribution in [0, 0.1) is 23.0 Å². The smallest absolute Gasteiger partial charge is 0.278 e. The van der Waals surface area contributed by atoms with Crippen molar-refractivity contribution >= 4 is 23.2 Å². The van der Waals surface area contributed by atoms with Gasteiger partial charge in [0.25, 0.3) is 17.5 Å². The molecule has 3 aliphatic rings. The maximum absolute atomic E-state index is 12.6. The van der Waals surface area contributed by atoms with Crippen LogP contribution >= 0.6 is 0 Å². The zero-order valence-corrected chi connectivity index (χ0v) is 15.4. The van der Waals surface area contributed by atoms with Gasteiger partial charge >= 0.3 is 0 Å². The topological polar surface area (TPSA) is 102 Å². The molecule has 142 valence electrons. The van der Waals surface area contributed by atoms with Crippen LogP contribution in [0.25, 0.3) is 0 Å². The van der Waals surface area contributed by atoms with Crippen LogP contribution in [0.15, 0.2) is 58.3 Å². The van der Waals surface area contributed by atoms with Crippen LogP contribution in [0.3, 0.4) is 0 Å². The van der Waals surface area contributed by atoms with Gasteiger partial charge in [-0.25, -0.2) is 4.99 Å². The molecule has 0 aromatic heterocycles. The number of allylic oxidation sites excluding steroid dienone is 3. The molecule has 0 saturated heterocycles. The van der Waals surface area contributed by atoms with E-state index < -0.39 is 10.8 Å². The van der Waals surface area contributed by atoms with Crippen LogP contribution in [0.5, 0.6) is 0 Å². The van der Waals surface area contributed by atoms with Crippen LogP contribution in [0.4, 0.5) is 5.69 Å². The van der Waals surface area contributed by atoms with Crippen molar-refractivity contribution in [3.63, 3.8) is 0 Å². The Balaban J connectivity index is 1.64. The number of carbonyl (C=O) groups is 2. The molecule has 1 aliphatic heterocycles. The molecule has 0 fully saturated rings. The van der Waals surface area contributed by atoms with E-state index in [2.05, 4.69) is 10.3 Å². The Morgan fingerprint density at radius 2 is 2.07 bits per heavy atom. The van der Waals surface area contributed by atoms with Crippen molar-refractivity contribution in [3.05, 3.63) is 74.5 Å². The van der Waals surface area contributed by atoms with E-state index in [4.69, 9.17) is 0 Å². The van der Waals surface area contributed by atoms with E-state index in [1.54, 1.807) is 12.2 Å². The summed E-state index contributed by atoms with van der Waals surface area (Å²) in [4.78, 5) is 39.6. The molecule has 7 nitrogen and oxygen atoms in total. The number of nitro benzene ring substituents is 1. The Labute approximate surface area is 161 Å². The summed E-state index contributed by atoms with van der Waals surface area (Å²) in [5.74, 6) is -0.579. The summed E-state index contributed by atoms with van der Waals surface area (Å²) >= 11 is 0. The van der Waals surface area contributed by atoms with Crippen LogP contribution in [-0.4, -0.2) is 22.4 Å². The second-order valence-electron chi connectivity index (χ2n) is 7.15. The molecule has 1 atom stereocenters. The molecule has 0 radical (unpaired) electrons. The summed E-state index contributed by atoms with van der Waals surface area (Å²) < 4.78 is 0. The molecule has 2 aliphatic carbocycles. The summed E-state index contributed by atoms with van der Waals surface area (Å²) in [5, 5.41) is 14.0. The summed E-state index contributed by atoms with van der Waals surface area (Å²) in [5.41, 5.74) is 3.58. The standard InChI is InChI=1S/C21H19N3O4/c1-12-14(7-4-8-19(12)24(27)28)20(25)22-13-9-10-16-15-5-2-3-6-17(15)21(26)23-18(16)11-13/h4,7-11,16H,2-3,5-6H2,1H3,(H,23,26). The van der Waals surface area contributed by atoms with Gasteiger partial charge < -0.3 is 5.32 Å². The second-order valence-corrected chi connectivity index (χ2v) is 7.15. The highest BCUT2D eigenvalue weighted by Gasteiger charge is 2.33. The number of carbonyl (C=O) groups excluding carboxylic acids is 2. The van der Waals surface area contributed by atoms with Crippen LogP contribution < -0.4 is 5.32 Å². The second kappa shape index (κ2) is 6.99. The van der Waals surface area contributed by atoms with Crippen molar-refractivity contribution in [1.82, 2.24) is 5.32 Å². The third-order valence-corrected chi connectivity index (χ3v) is 5.48. The van der Waals surface area contributed by atoms with Gasteiger partial charge in [0.1, 0.15) is 0 Å². The fourth-order valence-electron chi connectivity index (χ4n) is 4.05. The molecule has 0 bridgehead atoms. The van der Waals surface area contributed by atoms with Gasteiger partial charge in [0.15, 0.2) is 0 Å². The van der Waals surface area contributed by atoms with Crippen molar-refractivity contribution < 1.29 is 14.5 Å². The zero-order chi connectivity index (χ0) is 19.8. The van der Waals surface area contributed by atoms with E-state index in [0.29, 0.717) is 5.71 Å². The molecular formula is C21H19N3O4. The van der Waals surface area contributed by atoms with Crippen LogP contribution in [0.1, 0.15) is 41.6 Å². The highest BCUT2D eigenvalue weighted by Crippen LogP contribution is 2.38. The molecule has 1 heterocycles. The third kappa shape index (κ3) is 3.09. The molecule has 0 spiro atoms. The maximum atomic E-state index is 12.6. The highest BCUT2D eigenvalue weighted by molar-refractivity contribution is 6.14. The van der Waals surface area contributed by atoms with E-state index in [1.165, 1.54) is 25.1 Å². The Morgan fingerprint density at radius 1 is 1.29 bits per heavy atom. The fourth-order valence-corrected chi connectivity index (χ4v) is 4.05. The average molecular weight is 377 g/mol. The van der Waals surface area contributed by atoms with E-state index in [1.807, 2.05) is 6.08 Å². The lowest BCUT2D eigenvalue weighted by molar-refractivity contribution is -0.385. The number of hydrogen-bond donors (Lipinski definition) is 1. The first-order chi connectivity index (χ1) is 13.5. The summed E-state index contributed by atoms with van der Waals surface area (Å²) in [7, 11) is 0. The number of amides is 2. The number of nitrogens with one attached hydrogen (secondary N) is 1. The van der Waals surface area contributed by atoms with Gasteiger partial charge in [-0.05, 0) is 56.4 Å².